The molecule has 4 rings (SSSR count). The van der Waals surface area contributed by atoms with Crippen LogP contribution < -0.4 is 10.1 Å². The number of benzene rings is 1. The minimum absolute atomic E-state index is 0.108. The molecule has 0 spiro atoms. The molecule has 1 aliphatic heterocycles. The summed E-state index contributed by atoms with van der Waals surface area (Å²) >= 11 is 0. The van der Waals surface area contributed by atoms with E-state index >= 15 is 0 Å². The number of carbonyl (C=O) groups excluding carboxylic acids is 1. The second-order valence-electron chi connectivity index (χ2n) is 7.04. The lowest BCUT2D eigenvalue weighted by molar-refractivity contribution is -0.274. The van der Waals surface area contributed by atoms with Gasteiger partial charge in [-0.05, 0) is 18.6 Å². The van der Waals surface area contributed by atoms with Gasteiger partial charge in [0.15, 0.2) is 12.0 Å². The zero-order chi connectivity index (χ0) is 22.7. The van der Waals surface area contributed by atoms with Gasteiger partial charge >= 0.3 is 12.3 Å². The third-order valence-electron chi connectivity index (χ3n) is 4.80. The molecule has 1 fully saturated rings. The van der Waals surface area contributed by atoms with Crippen molar-refractivity contribution in [1.82, 2.24) is 30.2 Å². The summed E-state index contributed by atoms with van der Waals surface area (Å²) in [5.74, 6) is -1.15. The fraction of sp³-hybridized carbons (Fsp3) is 0.316. The maximum atomic E-state index is 12.5. The molecule has 0 saturated carbocycles. The lowest BCUT2D eigenvalue weighted by Crippen LogP contribution is -2.36. The quantitative estimate of drug-likeness (QED) is 0.571. The van der Waals surface area contributed by atoms with Gasteiger partial charge in [0.1, 0.15) is 5.75 Å². The average Bonchev–Trinajstić information content (AvgIpc) is 3.48. The van der Waals surface area contributed by atoms with E-state index in [0.29, 0.717) is 19.5 Å². The van der Waals surface area contributed by atoms with E-state index in [1.165, 1.54) is 24.5 Å². The first-order valence-corrected chi connectivity index (χ1v) is 9.44. The van der Waals surface area contributed by atoms with E-state index in [0.717, 1.165) is 12.1 Å². The molecule has 1 saturated heterocycles. The van der Waals surface area contributed by atoms with Gasteiger partial charge in [0.25, 0.3) is 5.89 Å². The van der Waals surface area contributed by atoms with Crippen molar-refractivity contribution in [3.8, 4) is 23.3 Å². The van der Waals surface area contributed by atoms with Gasteiger partial charge in [0, 0.05) is 24.3 Å². The Morgan fingerprint density at radius 1 is 1.41 bits per heavy atom. The third-order valence-corrected chi connectivity index (χ3v) is 4.80. The topological polar surface area (TPSA) is 122 Å². The fourth-order valence-corrected chi connectivity index (χ4v) is 3.47. The SMILES string of the molecule is N#CN1C[C@H](NC(=O)c2ncc(-c3cccc(OC(F)(F)F)c3)o2)C[C@H]1Cn1ccnn1. The summed E-state index contributed by atoms with van der Waals surface area (Å²) in [6.45, 7) is 0.755. The minimum Gasteiger partial charge on any atom is -0.432 e. The first kappa shape index (κ1) is 21.2. The van der Waals surface area contributed by atoms with Gasteiger partial charge < -0.3 is 19.4 Å². The Hall–Kier alpha value is -4.08. The van der Waals surface area contributed by atoms with Crippen LogP contribution >= 0.6 is 0 Å². The highest BCUT2D eigenvalue weighted by Gasteiger charge is 2.34. The third kappa shape index (κ3) is 4.97. The van der Waals surface area contributed by atoms with Gasteiger partial charge in [0.2, 0.25) is 0 Å². The molecular weight excluding hydrogens is 431 g/mol. The van der Waals surface area contributed by atoms with Crippen LogP contribution in [0, 0.1) is 11.5 Å². The highest BCUT2D eigenvalue weighted by atomic mass is 19.4. The van der Waals surface area contributed by atoms with E-state index < -0.39 is 18.0 Å². The number of alkyl halides is 3. The highest BCUT2D eigenvalue weighted by molar-refractivity contribution is 5.90. The van der Waals surface area contributed by atoms with E-state index in [9.17, 15) is 23.2 Å². The molecule has 13 heteroatoms. The number of carbonyl (C=O) groups is 1. The Morgan fingerprint density at radius 3 is 2.97 bits per heavy atom. The molecule has 2 aromatic heterocycles. The van der Waals surface area contributed by atoms with Crippen molar-refractivity contribution >= 4 is 5.91 Å². The number of rotatable bonds is 6. The standard InChI is InChI=1S/C19H16F3N7O3/c20-19(21,22)32-15-3-1-2-12(6-15)16-8-24-18(31-16)17(30)26-13-7-14(28(9-13)11-23)10-29-5-4-25-27-29/h1-6,8,13-14H,7,9-10H2,(H,26,30)/t13-,14+/m1/s1. The van der Waals surface area contributed by atoms with Crippen molar-refractivity contribution < 1.29 is 27.1 Å². The van der Waals surface area contributed by atoms with Crippen molar-refractivity contribution in [1.29, 1.82) is 5.26 Å². The first-order valence-electron chi connectivity index (χ1n) is 9.44. The normalized spacial score (nSPS) is 18.4. The Balaban J connectivity index is 1.40. The number of nitrogens with one attached hydrogen (secondary N) is 1. The molecule has 3 aromatic rings. The molecule has 32 heavy (non-hydrogen) atoms. The van der Waals surface area contributed by atoms with Crippen LogP contribution in [0.15, 0.2) is 47.3 Å². The molecule has 0 bridgehead atoms. The highest BCUT2D eigenvalue weighted by Crippen LogP contribution is 2.28. The van der Waals surface area contributed by atoms with Crippen LogP contribution in [0.2, 0.25) is 0 Å². The van der Waals surface area contributed by atoms with Crippen molar-refractivity contribution in [2.45, 2.75) is 31.4 Å². The van der Waals surface area contributed by atoms with E-state index in [1.54, 1.807) is 15.8 Å². The molecule has 10 nitrogen and oxygen atoms in total. The zero-order valence-corrected chi connectivity index (χ0v) is 16.4. The molecule has 1 amide bonds. The maximum absolute atomic E-state index is 12.5. The molecule has 2 atom stereocenters. The van der Waals surface area contributed by atoms with Gasteiger partial charge in [-0.25, -0.2) is 4.98 Å². The van der Waals surface area contributed by atoms with Gasteiger partial charge in [-0.3, -0.25) is 9.48 Å². The second kappa shape index (κ2) is 8.58. The van der Waals surface area contributed by atoms with Crippen LogP contribution in [0.1, 0.15) is 17.1 Å². The van der Waals surface area contributed by atoms with Crippen LogP contribution in [0.4, 0.5) is 13.2 Å². The summed E-state index contributed by atoms with van der Waals surface area (Å²) in [7, 11) is 0. The van der Waals surface area contributed by atoms with Crippen molar-refractivity contribution in [2.24, 2.45) is 0 Å². The molecule has 3 heterocycles. The molecule has 1 aromatic carbocycles. The van der Waals surface area contributed by atoms with Gasteiger partial charge in [-0.15, -0.1) is 18.3 Å². The number of aromatic nitrogens is 4. The average molecular weight is 447 g/mol. The monoisotopic (exact) mass is 447 g/mol. The Bertz CT molecular complexity index is 1120. The summed E-state index contributed by atoms with van der Waals surface area (Å²) < 4.78 is 48.2. The van der Waals surface area contributed by atoms with Crippen molar-refractivity contribution in [2.75, 3.05) is 6.54 Å². The molecule has 1 aliphatic rings. The number of hydrogen-bond donors (Lipinski definition) is 1. The molecule has 0 unspecified atom stereocenters. The Morgan fingerprint density at radius 2 is 2.25 bits per heavy atom. The summed E-state index contributed by atoms with van der Waals surface area (Å²) in [6.07, 6.45) is 2.25. The number of nitriles is 1. The predicted octanol–water partition coefficient (Wildman–Crippen LogP) is 2.19. The Kier molecular flexibility index (Phi) is 5.67. The number of halogens is 3. The summed E-state index contributed by atoms with van der Waals surface area (Å²) in [6, 6.07) is 4.66. The van der Waals surface area contributed by atoms with Crippen molar-refractivity contribution in [3.63, 3.8) is 0 Å². The lowest BCUT2D eigenvalue weighted by Gasteiger charge is -2.16. The number of amides is 1. The fourth-order valence-electron chi connectivity index (χ4n) is 3.47. The summed E-state index contributed by atoms with van der Waals surface area (Å²) in [5.41, 5.74) is 0.266. The molecule has 0 aliphatic carbocycles. The first-order chi connectivity index (χ1) is 15.3. The van der Waals surface area contributed by atoms with Gasteiger partial charge in [-0.2, -0.15) is 5.26 Å². The number of likely N-dealkylation sites (tertiary alicyclic amines) is 1. The lowest BCUT2D eigenvalue weighted by atomic mass is 10.1. The zero-order valence-electron chi connectivity index (χ0n) is 16.4. The summed E-state index contributed by atoms with van der Waals surface area (Å²) in [4.78, 5) is 18.0. The molecule has 166 valence electrons. The van der Waals surface area contributed by atoms with E-state index in [-0.39, 0.29) is 29.3 Å². The second-order valence-corrected chi connectivity index (χ2v) is 7.04. The number of ether oxygens (including phenoxy) is 1. The molecule has 1 N–H and O–H groups in total. The number of nitrogens with zero attached hydrogens (tertiary/aromatic N) is 6. The van der Waals surface area contributed by atoms with Gasteiger partial charge in [-0.1, -0.05) is 17.3 Å². The van der Waals surface area contributed by atoms with Crippen LogP contribution in [0.25, 0.3) is 11.3 Å². The van der Waals surface area contributed by atoms with Crippen molar-refractivity contribution in [3.05, 3.63) is 48.7 Å². The van der Waals surface area contributed by atoms with Crippen LogP contribution in [-0.4, -0.2) is 55.8 Å². The van der Waals surface area contributed by atoms with Crippen LogP contribution in [-0.2, 0) is 6.54 Å². The smallest absolute Gasteiger partial charge is 0.432 e. The van der Waals surface area contributed by atoms with E-state index in [1.807, 2.05) is 0 Å². The number of oxazole rings is 1. The number of hydrogen-bond acceptors (Lipinski definition) is 8. The maximum Gasteiger partial charge on any atom is 0.573 e. The molecular formula is C19H16F3N7O3. The largest absolute Gasteiger partial charge is 0.573 e. The van der Waals surface area contributed by atoms with Gasteiger partial charge in [0.05, 0.1) is 25.0 Å². The minimum atomic E-state index is -4.82. The van der Waals surface area contributed by atoms with Crippen LogP contribution in [0.5, 0.6) is 5.75 Å². The van der Waals surface area contributed by atoms with Crippen LogP contribution in [0.3, 0.4) is 0 Å². The van der Waals surface area contributed by atoms with E-state index in [4.69, 9.17) is 4.42 Å². The Labute approximate surface area is 179 Å². The van der Waals surface area contributed by atoms with E-state index in [2.05, 4.69) is 31.5 Å². The summed E-state index contributed by atoms with van der Waals surface area (Å²) in [5, 5.41) is 19.7. The molecule has 0 radical (unpaired) electrons. The predicted molar refractivity (Wildman–Crippen MR) is 101 cm³/mol.